The van der Waals surface area contributed by atoms with Gasteiger partial charge in [0, 0.05) is 37.0 Å². The van der Waals surface area contributed by atoms with Crippen LogP contribution in [0.3, 0.4) is 0 Å². The van der Waals surface area contributed by atoms with E-state index < -0.39 is 23.6 Å². The summed E-state index contributed by atoms with van der Waals surface area (Å²) < 4.78 is 18.4. The molecule has 1 aromatic heterocycles. The van der Waals surface area contributed by atoms with Crippen molar-refractivity contribution in [2.45, 2.75) is 59.0 Å². The Morgan fingerprint density at radius 3 is 2.64 bits per heavy atom. The van der Waals surface area contributed by atoms with Crippen LogP contribution in [0.15, 0.2) is 59.4 Å². The highest BCUT2D eigenvalue weighted by Crippen LogP contribution is 2.30. The van der Waals surface area contributed by atoms with Crippen molar-refractivity contribution >= 4 is 17.7 Å². The van der Waals surface area contributed by atoms with Gasteiger partial charge < -0.3 is 34.3 Å². The van der Waals surface area contributed by atoms with Crippen LogP contribution in [0.5, 0.6) is 17.2 Å². The van der Waals surface area contributed by atoms with Gasteiger partial charge in [-0.15, -0.1) is 0 Å². The molecule has 44 heavy (non-hydrogen) atoms. The molecule has 2 aliphatic rings. The third-order valence-electron chi connectivity index (χ3n) is 7.57. The first-order valence-electron chi connectivity index (χ1n) is 14.9. The van der Waals surface area contributed by atoms with Crippen molar-refractivity contribution < 1.29 is 28.6 Å². The minimum absolute atomic E-state index is 0.0390. The molecule has 11 heteroatoms. The van der Waals surface area contributed by atoms with E-state index in [4.69, 9.17) is 14.2 Å². The number of ether oxygens (including phenoxy) is 3. The maximum Gasteiger partial charge on any atom is 0.260 e. The number of likely N-dealkylation sites (N-methyl/N-ethyl adjacent to an activating group) is 1. The molecule has 2 N–H and O–H groups in total. The number of likely N-dealkylation sites (tertiary alicyclic amines) is 1. The van der Waals surface area contributed by atoms with Gasteiger partial charge in [0.2, 0.25) is 5.91 Å². The molecule has 0 spiro atoms. The monoisotopic (exact) mass is 602 g/mol. The Morgan fingerprint density at radius 2 is 1.89 bits per heavy atom. The third kappa shape index (κ3) is 7.28. The summed E-state index contributed by atoms with van der Waals surface area (Å²) in [6.07, 6.45) is -0.0964. The standard InChI is InChI=1S/C33H38N4O7/c1-5-36-18-30(38)35-28-17-37(33(41)27-10-9-21(4)34-31(27)39)12-11-29(28)42-19-22-7-6-8-24(13-22)44-26-15-23(32(36)40)14-25(16-26)43-20(2)3/h6-10,13-16,20,28-29H,5,11-12,17-19H2,1-4H3,(H,34,39)(H,35,38)/t28-,29-/m0/s1. The Bertz CT molecular complexity index is 1600. The van der Waals surface area contributed by atoms with Crippen molar-refractivity contribution in [2.24, 2.45) is 0 Å². The lowest BCUT2D eigenvalue weighted by molar-refractivity contribution is -0.124. The summed E-state index contributed by atoms with van der Waals surface area (Å²) in [6.45, 7) is 8.16. The summed E-state index contributed by atoms with van der Waals surface area (Å²) in [5.41, 5.74) is 1.42. The molecule has 4 bridgehead atoms. The fraction of sp³-hybridized carbons (Fsp3) is 0.394. The van der Waals surface area contributed by atoms with E-state index in [-0.39, 0.29) is 49.7 Å². The molecule has 0 radical (unpaired) electrons. The van der Waals surface area contributed by atoms with Crippen molar-refractivity contribution in [3.8, 4) is 17.2 Å². The van der Waals surface area contributed by atoms with Crippen LogP contribution >= 0.6 is 0 Å². The van der Waals surface area contributed by atoms with Crippen LogP contribution in [0.2, 0.25) is 0 Å². The zero-order valence-electron chi connectivity index (χ0n) is 25.4. The van der Waals surface area contributed by atoms with Crippen molar-refractivity contribution in [3.63, 3.8) is 0 Å². The number of aromatic amines is 1. The normalized spacial score (nSPS) is 19.2. The predicted molar refractivity (Wildman–Crippen MR) is 163 cm³/mol. The van der Waals surface area contributed by atoms with E-state index in [0.717, 1.165) is 5.56 Å². The maximum absolute atomic E-state index is 13.7. The summed E-state index contributed by atoms with van der Waals surface area (Å²) in [5.74, 6) is 0.321. The Kier molecular flexibility index (Phi) is 9.34. The lowest BCUT2D eigenvalue weighted by Gasteiger charge is -2.39. The first-order valence-corrected chi connectivity index (χ1v) is 14.9. The first-order chi connectivity index (χ1) is 21.1. The topological polar surface area (TPSA) is 130 Å². The van der Waals surface area contributed by atoms with Gasteiger partial charge in [-0.25, -0.2) is 0 Å². The minimum Gasteiger partial charge on any atom is -0.491 e. The second-order valence-corrected chi connectivity index (χ2v) is 11.4. The minimum atomic E-state index is -0.569. The number of nitrogens with zero attached hydrogens (tertiary/aromatic N) is 2. The van der Waals surface area contributed by atoms with Crippen molar-refractivity contribution in [1.29, 1.82) is 0 Å². The van der Waals surface area contributed by atoms with Gasteiger partial charge in [0.15, 0.2) is 0 Å². The quantitative estimate of drug-likeness (QED) is 0.466. The molecule has 0 aliphatic carbocycles. The molecular weight excluding hydrogens is 564 g/mol. The number of piperidine rings is 1. The number of H-pyrrole nitrogens is 1. The highest BCUT2D eigenvalue weighted by atomic mass is 16.5. The molecule has 3 aromatic rings. The second kappa shape index (κ2) is 13.3. The smallest absolute Gasteiger partial charge is 0.260 e. The zero-order valence-corrected chi connectivity index (χ0v) is 25.4. The molecule has 0 saturated carbocycles. The highest BCUT2D eigenvalue weighted by molar-refractivity contribution is 5.97. The highest BCUT2D eigenvalue weighted by Gasteiger charge is 2.35. The number of aromatic nitrogens is 1. The summed E-state index contributed by atoms with van der Waals surface area (Å²) in [4.78, 5) is 58.5. The number of hydrogen-bond donors (Lipinski definition) is 2. The van der Waals surface area contributed by atoms with Gasteiger partial charge in [-0.1, -0.05) is 12.1 Å². The third-order valence-corrected chi connectivity index (χ3v) is 7.57. The largest absolute Gasteiger partial charge is 0.491 e. The molecule has 3 heterocycles. The predicted octanol–water partition coefficient (Wildman–Crippen LogP) is 3.65. The summed E-state index contributed by atoms with van der Waals surface area (Å²) >= 11 is 0. The Hall–Kier alpha value is -4.64. The van der Waals surface area contributed by atoms with Crippen LogP contribution in [0.25, 0.3) is 0 Å². The number of benzene rings is 2. The zero-order chi connectivity index (χ0) is 31.4. The van der Waals surface area contributed by atoms with Crippen LogP contribution in [-0.2, 0) is 16.1 Å². The molecular formula is C33H38N4O7. The molecule has 1 saturated heterocycles. The van der Waals surface area contributed by atoms with E-state index in [1.54, 1.807) is 43.0 Å². The van der Waals surface area contributed by atoms with Crippen LogP contribution in [0, 0.1) is 6.92 Å². The second-order valence-electron chi connectivity index (χ2n) is 11.4. The fourth-order valence-electron chi connectivity index (χ4n) is 5.43. The van der Waals surface area contributed by atoms with E-state index in [2.05, 4.69) is 10.3 Å². The molecule has 232 valence electrons. The van der Waals surface area contributed by atoms with Gasteiger partial charge >= 0.3 is 0 Å². The molecule has 2 atom stereocenters. The van der Waals surface area contributed by atoms with Crippen LogP contribution in [-0.4, -0.2) is 76.9 Å². The summed E-state index contributed by atoms with van der Waals surface area (Å²) in [6, 6.07) is 15.1. The SMILES string of the molecule is CCN1CC(=O)N[C@H]2CN(C(=O)c3ccc(C)[nH]c3=O)CC[C@@H]2OCc2cccc(c2)Oc2cc(OC(C)C)cc(c2)C1=O. The molecule has 5 rings (SSSR count). The van der Waals surface area contributed by atoms with Crippen molar-refractivity contribution in [3.05, 3.63) is 87.3 Å². The van der Waals surface area contributed by atoms with Gasteiger partial charge in [-0.2, -0.15) is 0 Å². The average molecular weight is 603 g/mol. The van der Waals surface area contributed by atoms with Crippen LogP contribution in [0.4, 0.5) is 0 Å². The van der Waals surface area contributed by atoms with Gasteiger partial charge in [-0.05, 0) is 76.1 Å². The molecule has 2 aliphatic heterocycles. The summed E-state index contributed by atoms with van der Waals surface area (Å²) in [5, 5.41) is 3.01. The number of rotatable bonds is 4. The lowest BCUT2D eigenvalue weighted by atomic mass is 10.0. The van der Waals surface area contributed by atoms with E-state index in [1.165, 1.54) is 11.0 Å². The number of amides is 3. The van der Waals surface area contributed by atoms with E-state index in [9.17, 15) is 19.2 Å². The molecule has 11 nitrogen and oxygen atoms in total. The van der Waals surface area contributed by atoms with E-state index >= 15 is 0 Å². The first kappa shape index (κ1) is 30.8. The summed E-state index contributed by atoms with van der Waals surface area (Å²) in [7, 11) is 0. The van der Waals surface area contributed by atoms with Crippen LogP contribution < -0.4 is 20.3 Å². The van der Waals surface area contributed by atoms with Gasteiger partial charge in [-0.3, -0.25) is 19.2 Å². The van der Waals surface area contributed by atoms with E-state index in [1.807, 2.05) is 38.1 Å². The molecule has 0 unspecified atom stereocenters. The Balaban J connectivity index is 1.45. The number of carbonyl (C=O) groups is 3. The van der Waals surface area contributed by atoms with Gasteiger partial charge in [0.1, 0.15) is 22.8 Å². The molecule has 1 fully saturated rings. The van der Waals surface area contributed by atoms with Gasteiger partial charge in [0.05, 0.1) is 31.4 Å². The van der Waals surface area contributed by atoms with Crippen molar-refractivity contribution in [1.82, 2.24) is 20.1 Å². The number of aryl methyl sites for hydroxylation is 1. The maximum atomic E-state index is 13.7. The number of carbonyl (C=O) groups excluding carboxylic acids is 3. The average Bonchev–Trinajstić information content (AvgIpc) is 2.98. The van der Waals surface area contributed by atoms with Crippen LogP contribution in [0.1, 0.15) is 59.2 Å². The Morgan fingerprint density at radius 1 is 1.07 bits per heavy atom. The number of fused-ring (bicyclic) bond motifs is 5. The molecule has 2 aromatic carbocycles. The fourth-order valence-corrected chi connectivity index (χ4v) is 5.43. The molecule has 3 amide bonds. The lowest BCUT2D eigenvalue weighted by Crippen LogP contribution is -2.58. The number of hydrogen-bond acceptors (Lipinski definition) is 7. The number of pyridine rings is 1. The van der Waals surface area contributed by atoms with Gasteiger partial charge in [0.25, 0.3) is 17.4 Å². The van der Waals surface area contributed by atoms with E-state index in [0.29, 0.717) is 41.5 Å². The van der Waals surface area contributed by atoms with Crippen molar-refractivity contribution in [2.75, 3.05) is 26.2 Å². The Labute approximate surface area is 256 Å². The number of nitrogens with one attached hydrogen (secondary N) is 2.